The number of hydrogen-bond donors (Lipinski definition) is 2. The Kier molecular flexibility index (Phi) is 7.77. The van der Waals surface area contributed by atoms with Crippen molar-refractivity contribution < 1.29 is 19.2 Å². The van der Waals surface area contributed by atoms with Gasteiger partial charge in [-0.2, -0.15) is 0 Å². The molecule has 0 unspecified atom stereocenters. The van der Waals surface area contributed by atoms with Crippen LogP contribution in [-0.2, 0) is 19.2 Å². The van der Waals surface area contributed by atoms with Crippen molar-refractivity contribution in [1.82, 2.24) is 15.1 Å². The zero-order chi connectivity index (χ0) is 24.8. The van der Waals surface area contributed by atoms with Gasteiger partial charge < -0.3 is 20.4 Å². The van der Waals surface area contributed by atoms with E-state index in [9.17, 15) is 19.2 Å². The van der Waals surface area contributed by atoms with E-state index in [4.69, 9.17) is 0 Å². The number of carbonyl (C=O) groups excluding carboxylic acids is 4. The molecule has 2 saturated heterocycles. The first-order valence-corrected chi connectivity index (χ1v) is 11.9. The summed E-state index contributed by atoms with van der Waals surface area (Å²) in [5.74, 6) is -1.68. The first kappa shape index (κ1) is 24.4. The summed E-state index contributed by atoms with van der Waals surface area (Å²) in [6, 6.07) is 16.7. The molecule has 4 rings (SSSR count). The number of hydrogen-bond acceptors (Lipinski definition) is 5. The number of para-hydroxylation sites is 1. The van der Waals surface area contributed by atoms with Crippen LogP contribution in [0.15, 0.2) is 54.6 Å². The summed E-state index contributed by atoms with van der Waals surface area (Å²) in [5, 5.41) is 5.23. The molecule has 2 N–H and O–H groups in total. The van der Waals surface area contributed by atoms with Crippen LogP contribution < -0.4 is 15.5 Å². The molecular formula is C26H31N5O4. The number of carbonyl (C=O) groups is 4. The second kappa shape index (κ2) is 11.1. The van der Waals surface area contributed by atoms with Crippen LogP contribution in [-0.4, -0.2) is 79.2 Å². The molecule has 0 aromatic heterocycles. The molecule has 35 heavy (non-hydrogen) atoms. The van der Waals surface area contributed by atoms with Gasteiger partial charge in [-0.3, -0.25) is 24.1 Å². The van der Waals surface area contributed by atoms with Crippen LogP contribution in [0.3, 0.4) is 0 Å². The van der Waals surface area contributed by atoms with Gasteiger partial charge in [-0.1, -0.05) is 35.9 Å². The van der Waals surface area contributed by atoms with Gasteiger partial charge in [-0.25, -0.2) is 0 Å². The van der Waals surface area contributed by atoms with Gasteiger partial charge in [0.2, 0.25) is 11.8 Å². The molecule has 9 nitrogen and oxygen atoms in total. The van der Waals surface area contributed by atoms with Crippen LogP contribution in [0.2, 0.25) is 0 Å². The van der Waals surface area contributed by atoms with E-state index in [0.717, 1.165) is 11.3 Å². The lowest BCUT2D eigenvalue weighted by Crippen LogP contribution is -2.52. The van der Waals surface area contributed by atoms with Gasteiger partial charge in [0.25, 0.3) is 0 Å². The van der Waals surface area contributed by atoms with E-state index in [1.807, 2.05) is 54.3 Å². The third kappa shape index (κ3) is 6.24. The summed E-state index contributed by atoms with van der Waals surface area (Å²) in [6.45, 7) is 5.82. The van der Waals surface area contributed by atoms with Crippen molar-refractivity contribution in [2.45, 2.75) is 13.3 Å². The zero-order valence-electron chi connectivity index (χ0n) is 19.9. The summed E-state index contributed by atoms with van der Waals surface area (Å²) in [6.07, 6.45) is 0.241. The van der Waals surface area contributed by atoms with Crippen molar-refractivity contribution in [3.05, 3.63) is 60.2 Å². The molecule has 0 bridgehead atoms. The lowest BCUT2D eigenvalue weighted by Gasteiger charge is -2.35. The fourth-order valence-corrected chi connectivity index (χ4v) is 4.41. The Morgan fingerprint density at radius 2 is 1.60 bits per heavy atom. The number of piperazine rings is 1. The van der Waals surface area contributed by atoms with E-state index in [1.54, 1.807) is 17.0 Å². The minimum absolute atomic E-state index is 0.0182. The van der Waals surface area contributed by atoms with E-state index in [-0.39, 0.29) is 24.2 Å². The van der Waals surface area contributed by atoms with Crippen molar-refractivity contribution in [3.8, 4) is 0 Å². The van der Waals surface area contributed by atoms with Crippen LogP contribution in [0, 0.1) is 12.8 Å². The third-order valence-electron chi connectivity index (χ3n) is 6.46. The topological polar surface area (TPSA) is 102 Å². The summed E-state index contributed by atoms with van der Waals surface area (Å²) in [5.41, 5.74) is 2.47. The highest BCUT2D eigenvalue weighted by Crippen LogP contribution is 2.26. The van der Waals surface area contributed by atoms with Crippen LogP contribution >= 0.6 is 0 Å². The number of nitrogens with zero attached hydrogens (tertiary/aromatic N) is 3. The Balaban J connectivity index is 1.16. The number of anilines is 2. The first-order chi connectivity index (χ1) is 16.9. The van der Waals surface area contributed by atoms with Crippen LogP contribution in [0.1, 0.15) is 12.0 Å². The van der Waals surface area contributed by atoms with Gasteiger partial charge >= 0.3 is 11.8 Å². The summed E-state index contributed by atoms with van der Waals surface area (Å²) < 4.78 is 0. The highest BCUT2D eigenvalue weighted by molar-refractivity contribution is 6.39. The molecule has 184 valence electrons. The van der Waals surface area contributed by atoms with Gasteiger partial charge in [0, 0.05) is 63.6 Å². The van der Waals surface area contributed by atoms with E-state index in [0.29, 0.717) is 51.5 Å². The van der Waals surface area contributed by atoms with E-state index in [1.165, 1.54) is 0 Å². The summed E-state index contributed by atoms with van der Waals surface area (Å²) in [4.78, 5) is 55.2. The molecule has 1 atom stereocenters. The van der Waals surface area contributed by atoms with Gasteiger partial charge in [-0.15, -0.1) is 0 Å². The van der Waals surface area contributed by atoms with Crippen LogP contribution in [0.4, 0.5) is 11.4 Å². The van der Waals surface area contributed by atoms with Gasteiger partial charge in [0.05, 0.1) is 5.92 Å². The molecule has 2 aromatic carbocycles. The van der Waals surface area contributed by atoms with Crippen molar-refractivity contribution >= 4 is 35.0 Å². The average Bonchev–Trinajstić information content (AvgIpc) is 3.27. The summed E-state index contributed by atoms with van der Waals surface area (Å²) >= 11 is 0. The highest BCUT2D eigenvalue weighted by Gasteiger charge is 2.37. The predicted octanol–water partition coefficient (Wildman–Crippen LogP) is 1.25. The van der Waals surface area contributed by atoms with Gasteiger partial charge in [0.1, 0.15) is 0 Å². The monoisotopic (exact) mass is 477 g/mol. The standard InChI is InChI=1S/C26H31N5O4/c1-19-7-9-21(10-8-19)28-25(34)24(33)27-11-12-29-13-15-30(16-14-29)26(35)20-17-23(32)31(18-20)22-5-3-2-4-6-22/h2-10,20H,11-18H2,1H3,(H,27,33)(H,28,34)/t20-/m0/s1. The summed E-state index contributed by atoms with van der Waals surface area (Å²) in [7, 11) is 0. The van der Waals surface area contributed by atoms with Crippen molar-refractivity contribution in [2.24, 2.45) is 5.92 Å². The normalized spacial score (nSPS) is 18.4. The maximum Gasteiger partial charge on any atom is 0.313 e. The lowest BCUT2D eigenvalue weighted by molar-refractivity contribution is -0.137. The Bertz CT molecular complexity index is 1060. The molecule has 4 amide bonds. The number of aryl methyl sites for hydroxylation is 1. The van der Waals surface area contributed by atoms with Crippen LogP contribution in [0.25, 0.3) is 0 Å². The molecule has 9 heteroatoms. The average molecular weight is 478 g/mol. The Hall–Kier alpha value is -3.72. The fraction of sp³-hybridized carbons (Fsp3) is 0.385. The van der Waals surface area contributed by atoms with Crippen molar-refractivity contribution in [3.63, 3.8) is 0 Å². The number of nitrogens with one attached hydrogen (secondary N) is 2. The minimum Gasteiger partial charge on any atom is -0.347 e. The van der Waals surface area contributed by atoms with Crippen molar-refractivity contribution in [2.75, 3.05) is 56.0 Å². The zero-order valence-corrected chi connectivity index (χ0v) is 19.9. The Morgan fingerprint density at radius 1 is 0.914 bits per heavy atom. The fourth-order valence-electron chi connectivity index (χ4n) is 4.41. The molecule has 0 aliphatic carbocycles. The van der Waals surface area contributed by atoms with Crippen LogP contribution in [0.5, 0.6) is 0 Å². The highest BCUT2D eigenvalue weighted by atomic mass is 16.2. The predicted molar refractivity (Wildman–Crippen MR) is 133 cm³/mol. The molecule has 0 radical (unpaired) electrons. The molecule has 2 aliphatic rings. The molecule has 0 saturated carbocycles. The maximum absolute atomic E-state index is 13.0. The Morgan fingerprint density at radius 3 is 2.29 bits per heavy atom. The lowest BCUT2D eigenvalue weighted by atomic mass is 10.1. The molecule has 0 spiro atoms. The second-order valence-electron chi connectivity index (χ2n) is 8.98. The number of amides is 4. The van der Waals surface area contributed by atoms with E-state index in [2.05, 4.69) is 15.5 Å². The van der Waals surface area contributed by atoms with E-state index < -0.39 is 11.8 Å². The maximum atomic E-state index is 13.0. The molecule has 2 aliphatic heterocycles. The van der Waals surface area contributed by atoms with E-state index >= 15 is 0 Å². The molecular weight excluding hydrogens is 446 g/mol. The minimum atomic E-state index is -0.695. The molecule has 2 heterocycles. The number of rotatable bonds is 6. The van der Waals surface area contributed by atoms with Gasteiger partial charge in [0.15, 0.2) is 0 Å². The van der Waals surface area contributed by atoms with Gasteiger partial charge in [-0.05, 0) is 31.2 Å². The third-order valence-corrected chi connectivity index (χ3v) is 6.46. The Labute approximate surface area is 205 Å². The molecule has 2 fully saturated rings. The number of benzene rings is 2. The first-order valence-electron chi connectivity index (χ1n) is 11.9. The SMILES string of the molecule is Cc1ccc(NC(=O)C(=O)NCCN2CCN(C(=O)[C@H]3CC(=O)N(c4ccccc4)C3)CC2)cc1. The van der Waals surface area contributed by atoms with Crippen molar-refractivity contribution in [1.29, 1.82) is 0 Å². The smallest absolute Gasteiger partial charge is 0.313 e. The molecule has 2 aromatic rings. The quantitative estimate of drug-likeness (QED) is 0.610. The second-order valence-corrected chi connectivity index (χ2v) is 8.98. The largest absolute Gasteiger partial charge is 0.347 e.